The quantitative estimate of drug-likeness (QED) is 0.784. The lowest BCUT2D eigenvalue weighted by Gasteiger charge is -2.18. The minimum Gasteiger partial charge on any atom is -0.207 e. The maximum atomic E-state index is 12.4. The first-order valence-corrected chi connectivity index (χ1v) is 8.45. The molecular formula is C14H20ClNO2S. The van der Waals surface area contributed by atoms with Gasteiger partial charge in [-0.15, -0.1) is 11.6 Å². The molecule has 0 saturated heterocycles. The molecule has 0 amide bonds. The minimum absolute atomic E-state index is 0.356. The largest absolute Gasteiger partial charge is 0.242 e. The van der Waals surface area contributed by atoms with Gasteiger partial charge in [-0.1, -0.05) is 13.0 Å². The molecule has 2 atom stereocenters. The number of halogens is 1. The second-order valence-corrected chi connectivity index (χ2v) is 7.79. The monoisotopic (exact) mass is 301 g/mol. The zero-order chi connectivity index (χ0) is 14.2. The van der Waals surface area contributed by atoms with E-state index >= 15 is 0 Å². The highest BCUT2D eigenvalue weighted by Crippen LogP contribution is 2.38. The molecule has 3 nitrogen and oxygen atoms in total. The van der Waals surface area contributed by atoms with Crippen LogP contribution in [-0.2, 0) is 15.9 Å². The standard InChI is InChI=1S/C14H20ClNO2S/c1-10-6-13(10)9-16(3)19(17,18)14-5-4-12(8-15)11(2)7-14/h4-5,7,10,13H,6,8-9H2,1-3H3. The summed E-state index contributed by atoms with van der Waals surface area (Å²) in [5, 5.41) is 0. The number of aryl methyl sites for hydroxylation is 1. The topological polar surface area (TPSA) is 37.4 Å². The summed E-state index contributed by atoms with van der Waals surface area (Å²) in [5.41, 5.74) is 1.89. The summed E-state index contributed by atoms with van der Waals surface area (Å²) in [4.78, 5) is 0.356. The normalized spacial score (nSPS) is 22.8. The molecule has 1 saturated carbocycles. The average Bonchev–Trinajstić information content (AvgIpc) is 3.04. The molecule has 1 aromatic rings. The molecule has 5 heteroatoms. The van der Waals surface area contributed by atoms with Crippen molar-refractivity contribution in [1.82, 2.24) is 4.31 Å². The number of hydrogen-bond acceptors (Lipinski definition) is 2. The predicted octanol–water partition coefficient (Wildman–Crippen LogP) is 3.01. The second kappa shape index (κ2) is 5.43. The fraction of sp³-hybridized carbons (Fsp3) is 0.571. The summed E-state index contributed by atoms with van der Waals surface area (Å²) in [6.45, 7) is 4.66. The van der Waals surface area contributed by atoms with Gasteiger partial charge in [0.1, 0.15) is 0 Å². The first-order chi connectivity index (χ1) is 8.86. The van der Waals surface area contributed by atoms with E-state index in [2.05, 4.69) is 6.92 Å². The Bertz CT molecular complexity index is 571. The van der Waals surface area contributed by atoms with Crippen molar-refractivity contribution in [3.05, 3.63) is 29.3 Å². The van der Waals surface area contributed by atoms with Crippen molar-refractivity contribution >= 4 is 21.6 Å². The third-order valence-electron chi connectivity index (χ3n) is 3.93. The lowest BCUT2D eigenvalue weighted by molar-refractivity contribution is 0.444. The van der Waals surface area contributed by atoms with E-state index in [0.29, 0.717) is 29.2 Å². The molecule has 0 radical (unpaired) electrons. The van der Waals surface area contributed by atoms with Crippen LogP contribution in [0.5, 0.6) is 0 Å². The van der Waals surface area contributed by atoms with Gasteiger partial charge in [0.25, 0.3) is 0 Å². The van der Waals surface area contributed by atoms with Gasteiger partial charge in [-0.3, -0.25) is 0 Å². The molecule has 1 aromatic carbocycles. The lowest BCUT2D eigenvalue weighted by atomic mass is 10.1. The first kappa shape index (κ1) is 14.8. The molecule has 2 unspecified atom stereocenters. The molecule has 1 fully saturated rings. The van der Waals surface area contributed by atoms with Gasteiger partial charge in [0, 0.05) is 19.5 Å². The van der Waals surface area contributed by atoms with Crippen molar-refractivity contribution in [3.8, 4) is 0 Å². The van der Waals surface area contributed by atoms with E-state index in [1.807, 2.05) is 6.92 Å². The Morgan fingerprint density at radius 2 is 2.05 bits per heavy atom. The van der Waals surface area contributed by atoms with Crippen LogP contribution in [0.4, 0.5) is 0 Å². The van der Waals surface area contributed by atoms with E-state index in [-0.39, 0.29) is 0 Å². The molecule has 0 aliphatic heterocycles. The van der Waals surface area contributed by atoms with E-state index < -0.39 is 10.0 Å². The van der Waals surface area contributed by atoms with Gasteiger partial charge < -0.3 is 0 Å². The maximum absolute atomic E-state index is 12.4. The van der Waals surface area contributed by atoms with E-state index in [9.17, 15) is 8.42 Å². The Balaban J connectivity index is 2.21. The van der Waals surface area contributed by atoms with Crippen LogP contribution in [0.3, 0.4) is 0 Å². The number of nitrogens with zero attached hydrogens (tertiary/aromatic N) is 1. The highest BCUT2D eigenvalue weighted by Gasteiger charge is 2.36. The molecule has 1 aliphatic carbocycles. The van der Waals surface area contributed by atoms with Gasteiger partial charge in [-0.2, -0.15) is 0 Å². The fourth-order valence-corrected chi connectivity index (χ4v) is 3.85. The van der Waals surface area contributed by atoms with Crippen molar-refractivity contribution in [3.63, 3.8) is 0 Å². The van der Waals surface area contributed by atoms with Crippen LogP contribution >= 0.6 is 11.6 Å². The van der Waals surface area contributed by atoms with E-state index in [0.717, 1.165) is 17.5 Å². The van der Waals surface area contributed by atoms with E-state index in [4.69, 9.17) is 11.6 Å². The van der Waals surface area contributed by atoms with E-state index in [1.165, 1.54) is 4.31 Å². The zero-order valence-electron chi connectivity index (χ0n) is 11.6. The number of rotatable bonds is 5. The third-order valence-corrected chi connectivity index (χ3v) is 6.04. The number of sulfonamides is 1. The van der Waals surface area contributed by atoms with Crippen LogP contribution in [0.2, 0.25) is 0 Å². The Morgan fingerprint density at radius 3 is 2.53 bits per heavy atom. The summed E-state index contributed by atoms with van der Waals surface area (Å²) in [5.74, 6) is 1.57. The number of hydrogen-bond donors (Lipinski definition) is 0. The highest BCUT2D eigenvalue weighted by atomic mass is 35.5. The third kappa shape index (κ3) is 3.12. The predicted molar refractivity (Wildman–Crippen MR) is 77.8 cm³/mol. The first-order valence-electron chi connectivity index (χ1n) is 6.48. The zero-order valence-corrected chi connectivity index (χ0v) is 13.1. The van der Waals surface area contributed by atoms with Crippen molar-refractivity contribution < 1.29 is 8.42 Å². The Kier molecular flexibility index (Phi) is 4.23. The smallest absolute Gasteiger partial charge is 0.207 e. The van der Waals surface area contributed by atoms with Gasteiger partial charge in [0.2, 0.25) is 10.0 Å². The minimum atomic E-state index is -3.37. The summed E-state index contributed by atoms with van der Waals surface area (Å²) < 4.78 is 26.4. The molecule has 0 N–H and O–H groups in total. The van der Waals surface area contributed by atoms with Crippen LogP contribution in [-0.4, -0.2) is 26.3 Å². The molecule has 0 heterocycles. The Hall–Kier alpha value is -0.580. The number of benzene rings is 1. The molecular weight excluding hydrogens is 282 g/mol. The average molecular weight is 302 g/mol. The van der Waals surface area contributed by atoms with Crippen molar-refractivity contribution in [2.24, 2.45) is 11.8 Å². The summed E-state index contributed by atoms with van der Waals surface area (Å²) in [6, 6.07) is 5.15. The molecule has 0 aromatic heterocycles. The molecule has 2 rings (SSSR count). The van der Waals surface area contributed by atoms with E-state index in [1.54, 1.807) is 25.2 Å². The van der Waals surface area contributed by atoms with Gasteiger partial charge in [-0.05, 0) is 48.4 Å². The molecule has 0 spiro atoms. The van der Waals surface area contributed by atoms with Crippen LogP contribution in [0.1, 0.15) is 24.5 Å². The Labute approximate surface area is 120 Å². The van der Waals surface area contributed by atoms with Crippen LogP contribution in [0.25, 0.3) is 0 Å². The number of alkyl halides is 1. The Morgan fingerprint density at radius 1 is 1.42 bits per heavy atom. The summed E-state index contributed by atoms with van der Waals surface area (Å²) >= 11 is 5.79. The fourth-order valence-electron chi connectivity index (χ4n) is 2.24. The molecule has 19 heavy (non-hydrogen) atoms. The van der Waals surface area contributed by atoms with Crippen molar-refractivity contribution in [2.75, 3.05) is 13.6 Å². The molecule has 1 aliphatic rings. The second-order valence-electron chi connectivity index (χ2n) is 5.48. The van der Waals surface area contributed by atoms with Gasteiger partial charge in [0.05, 0.1) is 4.90 Å². The molecule has 0 bridgehead atoms. The lowest BCUT2D eigenvalue weighted by Crippen LogP contribution is -2.29. The van der Waals surface area contributed by atoms with Crippen molar-refractivity contribution in [1.29, 1.82) is 0 Å². The summed E-state index contributed by atoms with van der Waals surface area (Å²) in [7, 11) is -1.72. The van der Waals surface area contributed by atoms with Crippen LogP contribution in [0, 0.1) is 18.8 Å². The van der Waals surface area contributed by atoms with Crippen LogP contribution in [0.15, 0.2) is 23.1 Å². The highest BCUT2D eigenvalue weighted by molar-refractivity contribution is 7.89. The van der Waals surface area contributed by atoms with Crippen molar-refractivity contribution in [2.45, 2.75) is 31.0 Å². The van der Waals surface area contributed by atoms with Gasteiger partial charge >= 0.3 is 0 Å². The van der Waals surface area contributed by atoms with Crippen LogP contribution < -0.4 is 0 Å². The SMILES string of the molecule is Cc1cc(S(=O)(=O)N(C)CC2CC2C)ccc1CCl. The van der Waals surface area contributed by atoms with Gasteiger partial charge in [0.15, 0.2) is 0 Å². The van der Waals surface area contributed by atoms with Gasteiger partial charge in [-0.25, -0.2) is 12.7 Å². The maximum Gasteiger partial charge on any atom is 0.242 e. The summed E-state index contributed by atoms with van der Waals surface area (Å²) in [6.07, 6.45) is 1.13. The molecule has 106 valence electrons.